The number of nitrogens with zero attached hydrogens (tertiary/aromatic N) is 2. The van der Waals surface area contributed by atoms with Gasteiger partial charge in [0.2, 0.25) is 11.8 Å². The molecule has 0 saturated carbocycles. The molecule has 0 spiro atoms. The molecule has 2 heterocycles. The Morgan fingerprint density at radius 1 is 1.26 bits per heavy atom. The molecule has 2 saturated heterocycles. The smallest absolute Gasteiger partial charge is 0.227 e. The molecule has 0 aliphatic carbocycles. The van der Waals surface area contributed by atoms with Gasteiger partial charge in [-0.2, -0.15) is 0 Å². The first-order valence-electron chi connectivity index (χ1n) is 9.54. The van der Waals surface area contributed by atoms with Crippen LogP contribution in [0.4, 0.5) is 0 Å². The maximum absolute atomic E-state index is 12.9. The van der Waals surface area contributed by atoms with Crippen molar-refractivity contribution in [1.82, 2.24) is 9.80 Å². The molecule has 148 valence electrons. The third kappa shape index (κ3) is 5.36. The largest absolute Gasteiger partial charge is 0.490 e. The lowest BCUT2D eigenvalue weighted by Gasteiger charge is -2.37. The summed E-state index contributed by atoms with van der Waals surface area (Å²) >= 11 is 6.00. The van der Waals surface area contributed by atoms with Crippen molar-refractivity contribution in [2.24, 2.45) is 5.92 Å². The molecule has 2 amide bonds. The van der Waals surface area contributed by atoms with E-state index in [0.717, 1.165) is 18.6 Å². The molecule has 2 fully saturated rings. The van der Waals surface area contributed by atoms with Crippen molar-refractivity contribution in [1.29, 1.82) is 0 Å². The Labute approximate surface area is 165 Å². The number of piperidine rings is 2. The van der Waals surface area contributed by atoms with Crippen LogP contribution in [0.1, 0.15) is 25.7 Å². The minimum absolute atomic E-state index is 0.0960. The van der Waals surface area contributed by atoms with Crippen molar-refractivity contribution in [3.63, 3.8) is 0 Å². The van der Waals surface area contributed by atoms with E-state index in [2.05, 4.69) is 0 Å². The topological polar surface area (TPSA) is 59.1 Å². The zero-order valence-corrected chi connectivity index (χ0v) is 16.5. The van der Waals surface area contributed by atoms with E-state index in [-0.39, 0.29) is 23.8 Å². The standard InChI is InChI=1S/C20H27ClN2O4/c1-26-12-11-23-14-15(5-6-19(23)24)20(25)22-9-7-17(8-10-22)27-18-4-2-3-16(21)13-18/h2-4,13,15,17H,5-12,14H2,1H3. The zero-order chi connectivity index (χ0) is 19.2. The lowest BCUT2D eigenvalue weighted by molar-refractivity contribution is -0.144. The molecule has 27 heavy (non-hydrogen) atoms. The summed E-state index contributed by atoms with van der Waals surface area (Å²) in [5, 5.41) is 0.657. The van der Waals surface area contributed by atoms with Gasteiger partial charge >= 0.3 is 0 Å². The van der Waals surface area contributed by atoms with E-state index in [1.165, 1.54) is 0 Å². The van der Waals surface area contributed by atoms with Crippen LogP contribution in [-0.4, -0.2) is 67.6 Å². The number of benzene rings is 1. The number of rotatable bonds is 6. The highest BCUT2D eigenvalue weighted by molar-refractivity contribution is 6.30. The quantitative estimate of drug-likeness (QED) is 0.744. The summed E-state index contributed by atoms with van der Waals surface area (Å²) in [6, 6.07) is 7.40. The first-order chi connectivity index (χ1) is 13.1. The van der Waals surface area contributed by atoms with Crippen molar-refractivity contribution in [2.45, 2.75) is 31.8 Å². The Morgan fingerprint density at radius 3 is 2.74 bits per heavy atom. The number of carbonyl (C=O) groups excluding carboxylic acids is 2. The monoisotopic (exact) mass is 394 g/mol. The van der Waals surface area contributed by atoms with Crippen LogP contribution >= 0.6 is 11.6 Å². The second-order valence-corrected chi connectivity index (χ2v) is 7.60. The van der Waals surface area contributed by atoms with Crippen LogP contribution in [0.2, 0.25) is 5.02 Å². The van der Waals surface area contributed by atoms with Crippen molar-refractivity contribution in [3.05, 3.63) is 29.3 Å². The van der Waals surface area contributed by atoms with Gasteiger partial charge in [-0.25, -0.2) is 0 Å². The summed E-state index contributed by atoms with van der Waals surface area (Å²) in [7, 11) is 1.62. The molecule has 3 rings (SSSR count). The third-order valence-corrected chi connectivity index (χ3v) is 5.50. The Hall–Kier alpha value is -1.79. The second-order valence-electron chi connectivity index (χ2n) is 7.17. The van der Waals surface area contributed by atoms with E-state index < -0.39 is 0 Å². The minimum atomic E-state index is -0.107. The van der Waals surface area contributed by atoms with Gasteiger partial charge in [0.05, 0.1) is 12.5 Å². The molecule has 1 aromatic carbocycles. The fourth-order valence-corrected chi connectivity index (χ4v) is 3.90. The summed E-state index contributed by atoms with van der Waals surface area (Å²) in [5.41, 5.74) is 0. The Balaban J connectivity index is 1.48. The predicted molar refractivity (Wildman–Crippen MR) is 103 cm³/mol. The van der Waals surface area contributed by atoms with Gasteiger partial charge in [-0.3, -0.25) is 9.59 Å². The molecular weight excluding hydrogens is 368 g/mol. The van der Waals surface area contributed by atoms with Crippen molar-refractivity contribution >= 4 is 23.4 Å². The fraction of sp³-hybridized carbons (Fsp3) is 0.600. The number of ether oxygens (including phenoxy) is 2. The molecular formula is C20H27ClN2O4. The Morgan fingerprint density at radius 2 is 2.04 bits per heavy atom. The van der Waals surface area contributed by atoms with Gasteiger partial charge in [0.1, 0.15) is 11.9 Å². The first-order valence-corrected chi connectivity index (χ1v) is 9.92. The summed E-state index contributed by atoms with van der Waals surface area (Å²) in [5.74, 6) is 0.938. The van der Waals surface area contributed by atoms with E-state index >= 15 is 0 Å². The van der Waals surface area contributed by atoms with Crippen LogP contribution in [0.25, 0.3) is 0 Å². The normalized spacial score (nSPS) is 21.4. The molecule has 0 radical (unpaired) electrons. The van der Waals surface area contributed by atoms with Crippen molar-refractivity contribution < 1.29 is 19.1 Å². The molecule has 2 aliphatic rings. The van der Waals surface area contributed by atoms with E-state index in [9.17, 15) is 9.59 Å². The molecule has 2 aliphatic heterocycles. The first kappa shape index (κ1) is 20.0. The van der Waals surface area contributed by atoms with Crippen LogP contribution in [-0.2, 0) is 14.3 Å². The Kier molecular flexibility index (Phi) is 6.96. The number of amides is 2. The van der Waals surface area contributed by atoms with E-state index in [1.807, 2.05) is 29.2 Å². The fourth-order valence-electron chi connectivity index (χ4n) is 3.72. The predicted octanol–water partition coefficient (Wildman–Crippen LogP) is 2.59. The summed E-state index contributed by atoms with van der Waals surface area (Å²) in [4.78, 5) is 28.6. The van der Waals surface area contributed by atoms with Crippen LogP contribution < -0.4 is 4.74 Å². The minimum Gasteiger partial charge on any atom is -0.490 e. The van der Waals surface area contributed by atoms with E-state index in [0.29, 0.717) is 50.7 Å². The number of carbonyl (C=O) groups is 2. The number of hydrogen-bond acceptors (Lipinski definition) is 4. The molecule has 1 atom stereocenters. The van der Waals surface area contributed by atoms with Crippen LogP contribution in [0, 0.1) is 5.92 Å². The van der Waals surface area contributed by atoms with Gasteiger partial charge < -0.3 is 19.3 Å². The second kappa shape index (κ2) is 9.42. The van der Waals surface area contributed by atoms with Crippen LogP contribution in [0.3, 0.4) is 0 Å². The number of likely N-dealkylation sites (tertiary alicyclic amines) is 2. The van der Waals surface area contributed by atoms with E-state index in [1.54, 1.807) is 12.0 Å². The molecule has 0 N–H and O–H groups in total. The third-order valence-electron chi connectivity index (χ3n) is 5.27. The van der Waals surface area contributed by atoms with Crippen LogP contribution in [0.5, 0.6) is 5.75 Å². The van der Waals surface area contributed by atoms with Crippen molar-refractivity contribution in [3.8, 4) is 5.75 Å². The van der Waals surface area contributed by atoms with E-state index in [4.69, 9.17) is 21.1 Å². The SMILES string of the molecule is COCCN1CC(C(=O)N2CCC(Oc3cccc(Cl)c3)CC2)CCC1=O. The summed E-state index contributed by atoms with van der Waals surface area (Å²) in [6.45, 7) is 2.92. The lowest BCUT2D eigenvalue weighted by Crippen LogP contribution is -2.50. The Bertz CT molecular complexity index is 661. The van der Waals surface area contributed by atoms with Gasteiger partial charge in [0.15, 0.2) is 0 Å². The molecule has 0 aromatic heterocycles. The zero-order valence-electron chi connectivity index (χ0n) is 15.7. The molecule has 1 unspecified atom stereocenters. The average molecular weight is 395 g/mol. The summed E-state index contributed by atoms with van der Waals surface area (Å²) < 4.78 is 11.1. The molecule has 0 bridgehead atoms. The van der Waals surface area contributed by atoms with Crippen LogP contribution in [0.15, 0.2) is 24.3 Å². The summed E-state index contributed by atoms with van der Waals surface area (Å²) in [6.07, 6.45) is 2.78. The van der Waals surface area contributed by atoms with Gasteiger partial charge in [-0.1, -0.05) is 17.7 Å². The van der Waals surface area contributed by atoms with Gasteiger partial charge in [-0.15, -0.1) is 0 Å². The maximum atomic E-state index is 12.9. The highest BCUT2D eigenvalue weighted by Gasteiger charge is 2.34. The molecule has 6 nitrogen and oxygen atoms in total. The number of methoxy groups -OCH3 is 1. The lowest BCUT2D eigenvalue weighted by atomic mass is 9.94. The molecule has 1 aromatic rings. The highest BCUT2D eigenvalue weighted by atomic mass is 35.5. The maximum Gasteiger partial charge on any atom is 0.227 e. The average Bonchev–Trinajstić information content (AvgIpc) is 2.67. The number of halogens is 1. The van der Waals surface area contributed by atoms with Gasteiger partial charge in [0, 0.05) is 57.6 Å². The molecule has 7 heteroatoms. The van der Waals surface area contributed by atoms with Gasteiger partial charge in [0.25, 0.3) is 0 Å². The highest BCUT2D eigenvalue weighted by Crippen LogP contribution is 2.25. The van der Waals surface area contributed by atoms with Gasteiger partial charge in [-0.05, 0) is 24.6 Å². The number of hydrogen-bond donors (Lipinski definition) is 0. The van der Waals surface area contributed by atoms with Crippen molar-refractivity contribution in [2.75, 3.05) is 39.9 Å².